The van der Waals surface area contributed by atoms with Crippen LogP contribution in [0.2, 0.25) is 0 Å². The molecule has 0 bridgehead atoms. The number of thiophene rings is 1. The Morgan fingerprint density at radius 3 is 2.70 bits per heavy atom. The molecule has 1 amide bonds. The molecule has 6 heteroatoms. The number of carbonyl (C=O) groups is 2. The van der Waals surface area contributed by atoms with Crippen molar-refractivity contribution in [2.45, 2.75) is 26.2 Å². The molecular formula is C17H18FNO3S. The Morgan fingerprint density at radius 1 is 1.35 bits per heavy atom. The number of amides is 1. The van der Waals surface area contributed by atoms with E-state index in [1.54, 1.807) is 11.0 Å². The molecule has 1 fully saturated rings. The maximum atomic E-state index is 13.3. The van der Waals surface area contributed by atoms with Crippen LogP contribution in [0.1, 0.15) is 34.5 Å². The third-order valence-corrected chi connectivity index (χ3v) is 5.70. The highest BCUT2D eigenvalue weighted by molar-refractivity contribution is 7.21. The van der Waals surface area contributed by atoms with Crippen molar-refractivity contribution in [3.8, 4) is 0 Å². The number of hydrogen-bond donors (Lipinski definition) is 1. The van der Waals surface area contributed by atoms with Crippen molar-refractivity contribution < 1.29 is 19.1 Å². The number of likely N-dealkylation sites (tertiary alicyclic amines) is 1. The summed E-state index contributed by atoms with van der Waals surface area (Å²) in [6, 6.07) is 4.59. The van der Waals surface area contributed by atoms with E-state index in [-0.39, 0.29) is 24.1 Å². The van der Waals surface area contributed by atoms with Crippen LogP contribution < -0.4 is 0 Å². The van der Waals surface area contributed by atoms with E-state index in [1.165, 1.54) is 23.5 Å². The first-order chi connectivity index (χ1) is 11.0. The van der Waals surface area contributed by atoms with Crippen molar-refractivity contribution in [3.05, 3.63) is 34.5 Å². The Hall–Kier alpha value is -1.95. The molecule has 1 N–H and O–H groups in total. The van der Waals surface area contributed by atoms with Crippen molar-refractivity contribution >= 4 is 33.3 Å². The molecule has 4 nitrogen and oxygen atoms in total. The monoisotopic (exact) mass is 335 g/mol. The summed E-state index contributed by atoms with van der Waals surface area (Å²) in [6.07, 6.45) is 1.61. The number of rotatable bonds is 3. The zero-order valence-electron chi connectivity index (χ0n) is 12.8. The average molecular weight is 335 g/mol. The molecular weight excluding hydrogens is 317 g/mol. The Kier molecular flexibility index (Phi) is 4.35. The van der Waals surface area contributed by atoms with Gasteiger partial charge in [0.2, 0.25) is 0 Å². The van der Waals surface area contributed by atoms with Crippen LogP contribution in [-0.4, -0.2) is 35.0 Å². The summed E-state index contributed by atoms with van der Waals surface area (Å²) in [6.45, 7) is 3.05. The predicted molar refractivity (Wildman–Crippen MR) is 87.4 cm³/mol. The van der Waals surface area contributed by atoms with Gasteiger partial charge in [-0.05, 0) is 48.8 Å². The van der Waals surface area contributed by atoms with E-state index in [9.17, 15) is 14.0 Å². The van der Waals surface area contributed by atoms with Crippen LogP contribution >= 0.6 is 11.3 Å². The van der Waals surface area contributed by atoms with E-state index in [4.69, 9.17) is 5.11 Å². The van der Waals surface area contributed by atoms with Gasteiger partial charge in [0.15, 0.2) is 0 Å². The van der Waals surface area contributed by atoms with Gasteiger partial charge in [-0.15, -0.1) is 11.3 Å². The third kappa shape index (κ3) is 3.22. The van der Waals surface area contributed by atoms with E-state index in [1.807, 2.05) is 6.92 Å². The van der Waals surface area contributed by atoms with Crippen LogP contribution in [0.5, 0.6) is 0 Å². The van der Waals surface area contributed by atoms with Crippen molar-refractivity contribution in [3.63, 3.8) is 0 Å². The van der Waals surface area contributed by atoms with Crippen LogP contribution in [0.25, 0.3) is 10.1 Å². The number of benzene rings is 1. The molecule has 0 atom stereocenters. The largest absolute Gasteiger partial charge is 0.481 e. The zero-order valence-corrected chi connectivity index (χ0v) is 13.7. The second-order valence-electron chi connectivity index (χ2n) is 6.03. The van der Waals surface area contributed by atoms with Crippen LogP contribution in [0.15, 0.2) is 18.2 Å². The average Bonchev–Trinajstić information content (AvgIpc) is 2.83. The zero-order chi connectivity index (χ0) is 16.6. The molecule has 23 heavy (non-hydrogen) atoms. The van der Waals surface area contributed by atoms with Gasteiger partial charge < -0.3 is 10.0 Å². The lowest BCUT2D eigenvalue weighted by Crippen LogP contribution is -2.38. The summed E-state index contributed by atoms with van der Waals surface area (Å²) >= 11 is 1.33. The van der Waals surface area contributed by atoms with E-state index in [0.29, 0.717) is 18.0 Å². The molecule has 0 unspecified atom stereocenters. The van der Waals surface area contributed by atoms with Crippen molar-refractivity contribution in [2.75, 3.05) is 13.1 Å². The number of fused-ring (bicyclic) bond motifs is 1. The lowest BCUT2D eigenvalue weighted by molar-refractivity contribution is -0.138. The SMILES string of the molecule is Cc1c(C(=O)N2CCC(CC(=O)O)CC2)sc2cc(F)ccc12. The minimum atomic E-state index is -0.780. The van der Waals surface area contributed by atoms with Gasteiger partial charge >= 0.3 is 5.97 Å². The number of piperidine rings is 1. The van der Waals surface area contributed by atoms with Gasteiger partial charge in [-0.25, -0.2) is 4.39 Å². The fourth-order valence-electron chi connectivity index (χ4n) is 3.13. The van der Waals surface area contributed by atoms with E-state index in [0.717, 1.165) is 28.5 Å². The number of carboxylic acids is 1. The van der Waals surface area contributed by atoms with Crippen LogP contribution in [0.3, 0.4) is 0 Å². The number of carboxylic acid groups (broad SMARTS) is 1. The number of aryl methyl sites for hydroxylation is 1. The molecule has 3 rings (SSSR count). The highest BCUT2D eigenvalue weighted by atomic mass is 32.1. The summed E-state index contributed by atoms with van der Waals surface area (Å²) in [7, 11) is 0. The van der Waals surface area contributed by atoms with E-state index in [2.05, 4.69) is 0 Å². The highest BCUT2D eigenvalue weighted by Crippen LogP contribution is 2.33. The van der Waals surface area contributed by atoms with Crippen LogP contribution in [0, 0.1) is 18.7 Å². The van der Waals surface area contributed by atoms with Gasteiger partial charge in [0.05, 0.1) is 4.88 Å². The van der Waals surface area contributed by atoms with Gasteiger partial charge in [0.25, 0.3) is 5.91 Å². The number of hydrogen-bond acceptors (Lipinski definition) is 3. The molecule has 1 saturated heterocycles. The van der Waals surface area contributed by atoms with Crippen molar-refractivity contribution in [1.29, 1.82) is 0 Å². The standard InChI is InChI=1S/C17H18FNO3S/c1-10-13-3-2-12(18)9-14(13)23-16(10)17(22)19-6-4-11(5-7-19)8-15(20)21/h2-3,9,11H,4-8H2,1H3,(H,20,21). The maximum Gasteiger partial charge on any atom is 0.303 e. The third-order valence-electron chi connectivity index (χ3n) is 4.46. The molecule has 122 valence electrons. The lowest BCUT2D eigenvalue weighted by atomic mass is 9.93. The summed E-state index contributed by atoms with van der Waals surface area (Å²) < 4.78 is 14.1. The van der Waals surface area contributed by atoms with Crippen LogP contribution in [-0.2, 0) is 4.79 Å². The second-order valence-corrected chi connectivity index (χ2v) is 7.08. The van der Waals surface area contributed by atoms with Gasteiger partial charge in [-0.1, -0.05) is 6.07 Å². The smallest absolute Gasteiger partial charge is 0.303 e. The lowest BCUT2D eigenvalue weighted by Gasteiger charge is -2.31. The molecule has 1 aliphatic rings. The minimum Gasteiger partial charge on any atom is -0.481 e. The Balaban J connectivity index is 1.76. The first kappa shape index (κ1) is 15.9. The molecule has 1 aliphatic heterocycles. The van der Waals surface area contributed by atoms with Crippen molar-refractivity contribution in [2.24, 2.45) is 5.92 Å². The van der Waals surface area contributed by atoms with Crippen molar-refractivity contribution in [1.82, 2.24) is 4.90 Å². The predicted octanol–water partition coefficient (Wildman–Crippen LogP) is 3.68. The molecule has 2 aromatic rings. The quantitative estimate of drug-likeness (QED) is 0.931. The summed E-state index contributed by atoms with van der Waals surface area (Å²) in [5, 5.41) is 9.77. The molecule has 1 aromatic carbocycles. The number of aliphatic carboxylic acids is 1. The molecule has 1 aromatic heterocycles. The molecule has 2 heterocycles. The van der Waals surface area contributed by atoms with E-state index >= 15 is 0 Å². The molecule has 0 aliphatic carbocycles. The second kappa shape index (κ2) is 6.28. The van der Waals surface area contributed by atoms with Gasteiger partial charge in [0, 0.05) is 24.2 Å². The minimum absolute atomic E-state index is 0.0297. The Bertz CT molecular complexity index is 763. The first-order valence-corrected chi connectivity index (χ1v) is 8.47. The van der Waals surface area contributed by atoms with Crippen LogP contribution in [0.4, 0.5) is 4.39 Å². The fraction of sp³-hybridized carbons (Fsp3) is 0.412. The summed E-state index contributed by atoms with van der Waals surface area (Å²) in [5.74, 6) is -0.962. The Morgan fingerprint density at radius 2 is 2.04 bits per heavy atom. The van der Waals surface area contributed by atoms with E-state index < -0.39 is 5.97 Å². The highest BCUT2D eigenvalue weighted by Gasteiger charge is 2.27. The fourth-order valence-corrected chi connectivity index (χ4v) is 4.34. The molecule has 0 radical (unpaired) electrons. The molecule has 0 saturated carbocycles. The Labute approximate surface area is 137 Å². The maximum absolute atomic E-state index is 13.3. The first-order valence-electron chi connectivity index (χ1n) is 7.65. The summed E-state index contributed by atoms with van der Waals surface area (Å²) in [4.78, 5) is 25.9. The number of nitrogens with zero attached hydrogens (tertiary/aromatic N) is 1. The normalized spacial score (nSPS) is 16.0. The topological polar surface area (TPSA) is 57.6 Å². The number of carbonyl (C=O) groups excluding carboxylic acids is 1. The summed E-state index contributed by atoms with van der Waals surface area (Å²) in [5.41, 5.74) is 0.891. The number of halogens is 1. The molecule has 0 spiro atoms. The van der Waals surface area contributed by atoms with Gasteiger partial charge in [-0.2, -0.15) is 0 Å². The van der Waals surface area contributed by atoms with Gasteiger partial charge in [0.1, 0.15) is 5.82 Å². The van der Waals surface area contributed by atoms with Gasteiger partial charge in [-0.3, -0.25) is 9.59 Å².